The van der Waals surface area contributed by atoms with Crippen LogP contribution in [0.15, 0.2) is 36.4 Å². The Hall–Kier alpha value is -2.74. The molecule has 1 saturated heterocycles. The smallest absolute Gasteiger partial charge is 0.169 e. The van der Waals surface area contributed by atoms with Crippen LogP contribution in [0.25, 0.3) is 0 Å². The summed E-state index contributed by atoms with van der Waals surface area (Å²) < 4.78 is 0. The number of carbonyl (C=O) groups is 1. The zero-order valence-corrected chi connectivity index (χ0v) is 14.1. The summed E-state index contributed by atoms with van der Waals surface area (Å²) in [6.07, 6.45) is 3.85. The summed E-state index contributed by atoms with van der Waals surface area (Å²) in [4.78, 5) is 14.7. The van der Waals surface area contributed by atoms with Crippen molar-refractivity contribution in [2.24, 2.45) is 5.92 Å². The van der Waals surface area contributed by atoms with E-state index in [1.807, 2.05) is 36.4 Å². The third-order valence-electron chi connectivity index (χ3n) is 5.13. The van der Waals surface area contributed by atoms with Crippen molar-refractivity contribution in [3.63, 3.8) is 0 Å². The predicted octanol–water partition coefficient (Wildman–Crippen LogP) is 3.32. The van der Waals surface area contributed by atoms with Crippen molar-refractivity contribution >= 4 is 11.6 Å². The first kappa shape index (κ1) is 15.8. The molecule has 2 aliphatic rings. The van der Waals surface area contributed by atoms with E-state index in [4.69, 9.17) is 0 Å². The van der Waals surface area contributed by atoms with Gasteiger partial charge in [0, 0.05) is 30.5 Å². The van der Waals surface area contributed by atoms with Gasteiger partial charge in [-0.25, -0.2) is 0 Å². The van der Waals surface area contributed by atoms with Crippen LogP contribution in [0, 0.1) is 17.2 Å². The Kier molecular flexibility index (Phi) is 4.19. The molecule has 1 aromatic carbocycles. The number of hydrogen-bond donors (Lipinski definition) is 0. The molecule has 4 rings (SSSR count). The summed E-state index contributed by atoms with van der Waals surface area (Å²) in [6, 6.07) is 13.6. The van der Waals surface area contributed by atoms with Gasteiger partial charge in [0.1, 0.15) is 6.07 Å². The molecular weight excluding hydrogens is 312 g/mol. The van der Waals surface area contributed by atoms with Gasteiger partial charge in [-0.1, -0.05) is 30.3 Å². The molecule has 0 bridgehead atoms. The van der Waals surface area contributed by atoms with Gasteiger partial charge in [-0.3, -0.25) is 4.79 Å². The van der Waals surface area contributed by atoms with Gasteiger partial charge in [-0.2, -0.15) is 10.4 Å². The molecule has 2 aromatic rings. The van der Waals surface area contributed by atoms with Gasteiger partial charge in [0.2, 0.25) is 0 Å². The quantitative estimate of drug-likeness (QED) is 0.803. The second-order valence-corrected chi connectivity index (χ2v) is 6.88. The van der Waals surface area contributed by atoms with Crippen LogP contribution < -0.4 is 4.90 Å². The molecule has 1 saturated carbocycles. The third-order valence-corrected chi connectivity index (χ3v) is 5.13. The Morgan fingerprint density at radius 3 is 2.44 bits per heavy atom. The first-order valence-corrected chi connectivity index (χ1v) is 8.88. The molecule has 2 fully saturated rings. The van der Waals surface area contributed by atoms with E-state index in [1.165, 1.54) is 0 Å². The molecule has 1 aliphatic heterocycles. The number of hydrogen-bond acceptors (Lipinski definition) is 5. The maximum atomic E-state index is 12.6. The average Bonchev–Trinajstić information content (AvgIpc) is 3.53. The summed E-state index contributed by atoms with van der Waals surface area (Å²) in [7, 11) is 0. The lowest BCUT2D eigenvalue weighted by atomic mass is 9.89. The highest BCUT2D eigenvalue weighted by atomic mass is 16.1. The molecule has 1 aromatic heterocycles. The van der Waals surface area contributed by atoms with Crippen molar-refractivity contribution in [1.29, 1.82) is 5.26 Å². The summed E-state index contributed by atoms with van der Waals surface area (Å²) >= 11 is 0. The molecule has 0 atom stereocenters. The predicted molar refractivity (Wildman–Crippen MR) is 94.4 cm³/mol. The molecule has 5 heteroatoms. The van der Waals surface area contributed by atoms with Gasteiger partial charge in [0.15, 0.2) is 11.6 Å². The maximum Gasteiger partial charge on any atom is 0.169 e. The van der Waals surface area contributed by atoms with E-state index in [1.54, 1.807) is 0 Å². The van der Waals surface area contributed by atoms with Crippen LogP contribution in [-0.2, 0) is 0 Å². The molecule has 0 unspecified atom stereocenters. The molecule has 0 N–H and O–H groups in total. The Labute approximate surface area is 147 Å². The Morgan fingerprint density at radius 2 is 1.80 bits per heavy atom. The van der Waals surface area contributed by atoms with Crippen LogP contribution in [0.5, 0.6) is 0 Å². The highest BCUT2D eigenvalue weighted by Gasteiger charge is 2.30. The topological polar surface area (TPSA) is 69.9 Å². The van der Waals surface area contributed by atoms with Crippen molar-refractivity contribution in [2.75, 3.05) is 18.0 Å². The van der Waals surface area contributed by atoms with E-state index < -0.39 is 0 Å². The van der Waals surface area contributed by atoms with Gasteiger partial charge in [0.05, 0.1) is 11.3 Å². The van der Waals surface area contributed by atoms with Crippen LogP contribution in [0.4, 0.5) is 5.82 Å². The first-order valence-electron chi connectivity index (χ1n) is 8.88. The van der Waals surface area contributed by atoms with Gasteiger partial charge < -0.3 is 4.90 Å². The van der Waals surface area contributed by atoms with Crippen molar-refractivity contribution in [3.05, 3.63) is 53.2 Å². The van der Waals surface area contributed by atoms with Gasteiger partial charge in [0.25, 0.3) is 0 Å². The fourth-order valence-electron chi connectivity index (χ4n) is 3.49. The minimum absolute atomic E-state index is 0.0443. The fraction of sp³-hybridized carbons (Fsp3) is 0.400. The molecule has 0 radical (unpaired) electrons. The van der Waals surface area contributed by atoms with E-state index in [0.717, 1.165) is 50.0 Å². The number of carbonyl (C=O) groups excluding carboxylic acids is 1. The molecule has 0 amide bonds. The molecule has 0 spiro atoms. The number of aromatic nitrogens is 2. The highest BCUT2D eigenvalue weighted by Crippen LogP contribution is 2.39. The van der Waals surface area contributed by atoms with Crippen LogP contribution in [0.1, 0.15) is 53.2 Å². The van der Waals surface area contributed by atoms with Crippen molar-refractivity contribution in [2.45, 2.75) is 31.6 Å². The van der Waals surface area contributed by atoms with Gasteiger partial charge in [-0.05, 0) is 31.7 Å². The lowest BCUT2D eigenvalue weighted by Gasteiger charge is -2.32. The summed E-state index contributed by atoms with van der Waals surface area (Å²) in [6.45, 7) is 1.46. The van der Waals surface area contributed by atoms with E-state index in [0.29, 0.717) is 17.3 Å². The Bertz CT molecular complexity index is 815. The van der Waals surface area contributed by atoms with E-state index in [2.05, 4.69) is 21.2 Å². The number of nitriles is 1. The minimum atomic E-state index is 0.0443. The number of ketones is 1. The largest absolute Gasteiger partial charge is 0.354 e. The van der Waals surface area contributed by atoms with E-state index in [-0.39, 0.29) is 11.7 Å². The number of piperidine rings is 1. The molecule has 5 nitrogen and oxygen atoms in total. The lowest BCUT2D eigenvalue weighted by molar-refractivity contribution is 0.0900. The zero-order chi connectivity index (χ0) is 17.2. The molecule has 25 heavy (non-hydrogen) atoms. The van der Waals surface area contributed by atoms with Crippen LogP contribution >= 0.6 is 0 Å². The third kappa shape index (κ3) is 3.25. The maximum absolute atomic E-state index is 12.6. The average molecular weight is 332 g/mol. The van der Waals surface area contributed by atoms with E-state index in [9.17, 15) is 10.1 Å². The summed E-state index contributed by atoms with van der Waals surface area (Å²) in [5, 5.41) is 18.1. The number of nitrogens with zero attached hydrogens (tertiary/aromatic N) is 4. The fourth-order valence-corrected chi connectivity index (χ4v) is 3.49. The van der Waals surface area contributed by atoms with Crippen LogP contribution in [-0.4, -0.2) is 29.1 Å². The monoisotopic (exact) mass is 332 g/mol. The number of benzene rings is 1. The molecular formula is C20H20N4O. The Morgan fingerprint density at radius 1 is 1.08 bits per heavy atom. The number of anilines is 1. The number of Topliss-reactive ketones (excluding diaryl/α,β-unsaturated/α-hetero) is 1. The van der Waals surface area contributed by atoms with Crippen molar-refractivity contribution in [3.8, 4) is 6.07 Å². The van der Waals surface area contributed by atoms with E-state index >= 15 is 0 Å². The second kappa shape index (κ2) is 6.64. The standard InChI is InChI=1S/C20H20N4O/c21-13-17-12-18(14-6-7-14)22-23-20(17)24-10-8-16(9-11-24)19(25)15-4-2-1-3-5-15/h1-5,12,14,16H,6-11H2. The first-order chi connectivity index (χ1) is 12.3. The SMILES string of the molecule is N#Cc1cc(C2CC2)nnc1N1CCC(C(=O)c2ccccc2)CC1. The normalized spacial score (nSPS) is 18.0. The molecule has 126 valence electrons. The molecule has 1 aliphatic carbocycles. The van der Waals surface area contributed by atoms with Crippen LogP contribution in [0.3, 0.4) is 0 Å². The summed E-state index contributed by atoms with van der Waals surface area (Å²) in [5.41, 5.74) is 2.33. The lowest BCUT2D eigenvalue weighted by Crippen LogP contribution is -2.37. The van der Waals surface area contributed by atoms with Crippen molar-refractivity contribution in [1.82, 2.24) is 10.2 Å². The minimum Gasteiger partial charge on any atom is -0.354 e. The van der Waals surface area contributed by atoms with Gasteiger partial charge in [-0.15, -0.1) is 5.10 Å². The van der Waals surface area contributed by atoms with Gasteiger partial charge >= 0.3 is 0 Å². The number of rotatable bonds is 4. The zero-order valence-electron chi connectivity index (χ0n) is 14.1. The van der Waals surface area contributed by atoms with Crippen molar-refractivity contribution < 1.29 is 4.79 Å². The van der Waals surface area contributed by atoms with Crippen LogP contribution in [0.2, 0.25) is 0 Å². The Balaban J connectivity index is 1.45. The molecule has 2 heterocycles. The second-order valence-electron chi connectivity index (χ2n) is 6.88. The summed E-state index contributed by atoms with van der Waals surface area (Å²) in [5.74, 6) is 1.42. The highest BCUT2D eigenvalue weighted by molar-refractivity contribution is 5.97.